The van der Waals surface area contributed by atoms with Crippen molar-refractivity contribution < 1.29 is 39.8 Å². The first-order valence-corrected chi connectivity index (χ1v) is 34.8. The van der Waals surface area contributed by atoms with E-state index in [-0.39, 0.29) is 12.5 Å². The van der Waals surface area contributed by atoms with Crippen LogP contribution in [0.3, 0.4) is 0 Å². The van der Waals surface area contributed by atoms with E-state index in [2.05, 4.69) is 92.1 Å². The van der Waals surface area contributed by atoms with E-state index in [1.807, 2.05) is 6.08 Å². The summed E-state index contributed by atoms with van der Waals surface area (Å²) >= 11 is 0. The number of ether oxygens (including phenoxy) is 2. The maximum Gasteiger partial charge on any atom is 0.220 e. The van der Waals surface area contributed by atoms with Crippen molar-refractivity contribution >= 4 is 5.91 Å². The molecular formula is C73H131NO8. The molecule has 0 aliphatic carbocycles. The first-order valence-electron chi connectivity index (χ1n) is 34.8. The molecule has 7 atom stereocenters. The Morgan fingerprint density at radius 2 is 0.768 bits per heavy atom. The smallest absolute Gasteiger partial charge is 0.220 e. The second-order valence-corrected chi connectivity index (χ2v) is 23.9. The maximum atomic E-state index is 13.1. The van der Waals surface area contributed by atoms with Crippen molar-refractivity contribution in [2.75, 3.05) is 13.2 Å². The predicted octanol–water partition coefficient (Wildman–Crippen LogP) is 18.9. The minimum absolute atomic E-state index is 0.186. The summed E-state index contributed by atoms with van der Waals surface area (Å²) in [5.41, 5.74) is 0. The zero-order valence-corrected chi connectivity index (χ0v) is 53.2. The molecule has 1 rings (SSSR count). The van der Waals surface area contributed by atoms with E-state index in [0.717, 1.165) is 70.6 Å². The van der Waals surface area contributed by atoms with Gasteiger partial charge in [-0.05, 0) is 77.0 Å². The van der Waals surface area contributed by atoms with Gasteiger partial charge in [0.05, 0.1) is 25.4 Å². The van der Waals surface area contributed by atoms with E-state index < -0.39 is 49.5 Å². The summed E-state index contributed by atoms with van der Waals surface area (Å²) in [6.45, 7) is 3.69. The van der Waals surface area contributed by atoms with Crippen LogP contribution < -0.4 is 5.32 Å². The number of hydrogen-bond donors (Lipinski definition) is 6. The summed E-state index contributed by atoms with van der Waals surface area (Å²) in [5.74, 6) is -0.186. The Balaban J connectivity index is 2.16. The van der Waals surface area contributed by atoms with Crippen molar-refractivity contribution in [2.45, 2.75) is 358 Å². The van der Waals surface area contributed by atoms with Gasteiger partial charge < -0.3 is 40.3 Å². The monoisotopic (exact) mass is 1150 g/mol. The second kappa shape index (κ2) is 61.5. The maximum absolute atomic E-state index is 13.1. The summed E-state index contributed by atoms with van der Waals surface area (Å²) in [5, 5.41) is 54.7. The molecule has 9 nitrogen and oxygen atoms in total. The van der Waals surface area contributed by atoms with Crippen LogP contribution in [0.1, 0.15) is 316 Å². The van der Waals surface area contributed by atoms with Crippen molar-refractivity contribution in [3.8, 4) is 0 Å². The molecule has 6 N–H and O–H groups in total. The van der Waals surface area contributed by atoms with E-state index in [1.165, 1.54) is 225 Å². The summed E-state index contributed by atoms with van der Waals surface area (Å²) in [7, 11) is 0. The lowest BCUT2D eigenvalue weighted by atomic mass is 9.99. The number of aliphatic hydroxyl groups is 5. The molecule has 0 bridgehead atoms. The number of carbonyl (C=O) groups excluding carboxylic acids is 1. The summed E-state index contributed by atoms with van der Waals surface area (Å²) in [6, 6.07) is -0.827. The van der Waals surface area contributed by atoms with E-state index in [0.29, 0.717) is 6.42 Å². The molecule has 1 aliphatic heterocycles. The lowest BCUT2D eigenvalue weighted by Gasteiger charge is -2.40. The topological polar surface area (TPSA) is 149 Å². The average Bonchev–Trinajstić information content (AvgIpc) is 3.52. The normalized spacial score (nSPS) is 18.8. The summed E-state index contributed by atoms with van der Waals surface area (Å²) in [6.07, 6.45) is 81.2. The van der Waals surface area contributed by atoms with Gasteiger partial charge in [0.2, 0.25) is 5.91 Å². The molecule has 476 valence electrons. The first-order chi connectivity index (χ1) is 40.3. The Labute approximate surface area is 505 Å². The van der Waals surface area contributed by atoms with Gasteiger partial charge in [0.1, 0.15) is 24.4 Å². The SMILES string of the molecule is CC/C=C\C/C=C\C/C=C\C/C=C\C/C=C\CCCCCCCCCCCCCCCCCC(=O)NC(COC1OC(CO)C(O)C(O)C1O)C(O)/C=C/CC/C=C/CCCCCCCCCCCCCCCCCCCCCCCC. The van der Waals surface area contributed by atoms with Gasteiger partial charge in [-0.2, -0.15) is 0 Å². The summed E-state index contributed by atoms with van der Waals surface area (Å²) < 4.78 is 11.3. The Bertz CT molecular complexity index is 1570. The number of rotatable bonds is 60. The highest BCUT2D eigenvalue weighted by atomic mass is 16.7. The third kappa shape index (κ3) is 49.6. The molecule has 0 saturated carbocycles. The quantitative estimate of drug-likeness (QED) is 0.0261. The Kier molecular flexibility index (Phi) is 58.0. The van der Waals surface area contributed by atoms with Gasteiger partial charge in [0, 0.05) is 6.42 Å². The molecule has 1 fully saturated rings. The van der Waals surface area contributed by atoms with Gasteiger partial charge in [-0.15, -0.1) is 0 Å². The fourth-order valence-electron chi connectivity index (χ4n) is 10.8. The Morgan fingerprint density at radius 3 is 1.17 bits per heavy atom. The highest BCUT2D eigenvalue weighted by Gasteiger charge is 2.44. The van der Waals surface area contributed by atoms with Gasteiger partial charge in [0.25, 0.3) is 0 Å². The van der Waals surface area contributed by atoms with E-state index in [9.17, 15) is 30.3 Å². The third-order valence-corrected chi connectivity index (χ3v) is 16.2. The molecule has 1 aliphatic rings. The minimum Gasteiger partial charge on any atom is -0.394 e. The van der Waals surface area contributed by atoms with Crippen LogP contribution in [0.25, 0.3) is 0 Å². The molecule has 1 amide bonds. The molecule has 0 aromatic rings. The lowest BCUT2D eigenvalue weighted by Crippen LogP contribution is -2.60. The molecule has 82 heavy (non-hydrogen) atoms. The van der Waals surface area contributed by atoms with Crippen LogP contribution in [0.2, 0.25) is 0 Å². The molecule has 7 unspecified atom stereocenters. The van der Waals surface area contributed by atoms with E-state index >= 15 is 0 Å². The van der Waals surface area contributed by atoms with Gasteiger partial charge in [-0.25, -0.2) is 0 Å². The number of aliphatic hydroxyl groups excluding tert-OH is 5. The largest absolute Gasteiger partial charge is 0.394 e. The molecule has 9 heteroatoms. The fraction of sp³-hybridized carbons (Fsp3) is 0.795. The molecule has 0 aromatic heterocycles. The summed E-state index contributed by atoms with van der Waals surface area (Å²) in [4.78, 5) is 13.1. The number of nitrogens with one attached hydrogen (secondary N) is 1. The van der Waals surface area contributed by atoms with E-state index in [4.69, 9.17) is 9.47 Å². The van der Waals surface area contributed by atoms with Crippen molar-refractivity contribution in [2.24, 2.45) is 0 Å². The standard InChI is InChI=1S/C73H131NO8/c1-3-5-7-9-11-13-15-17-19-21-23-25-27-29-31-33-34-35-37-39-41-43-45-47-49-51-53-55-57-59-61-63-69(77)74-66(65-81-73-72(80)71(79)70(78)68(64-75)82-73)67(76)62-60-58-56-54-52-50-48-46-44-42-40-38-36-32-30-28-26-24-22-20-18-16-14-12-10-8-6-4-2/h5,7,11,13,17,19,23,25,29,31,52,54,60,62,66-68,70-73,75-76,78-80H,3-4,6,8-10,12,14-16,18,20-22,24,26-28,30,32-51,53,55-59,61,63-65H2,1-2H3,(H,74,77)/b7-5-,13-11-,19-17-,25-23-,31-29-,54-52+,62-60+. The van der Waals surface area contributed by atoms with E-state index in [1.54, 1.807) is 6.08 Å². The Morgan fingerprint density at radius 1 is 0.427 bits per heavy atom. The third-order valence-electron chi connectivity index (χ3n) is 16.2. The minimum atomic E-state index is -1.58. The van der Waals surface area contributed by atoms with Gasteiger partial charge >= 0.3 is 0 Å². The molecule has 1 heterocycles. The van der Waals surface area contributed by atoms with Gasteiger partial charge in [-0.1, -0.05) is 317 Å². The van der Waals surface area contributed by atoms with Crippen LogP contribution in [0, 0.1) is 0 Å². The molecule has 0 spiro atoms. The van der Waals surface area contributed by atoms with Gasteiger partial charge in [-0.3, -0.25) is 4.79 Å². The van der Waals surface area contributed by atoms with Crippen LogP contribution in [0.5, 0.6) is 0 Å². The van der Waals surface area contributed by atoms with Crippen LogP contribution in [-0.4, -0.2) is 87.5 Å². The average molecular weight is 1150 g/mol. The van der Waals surface area contributed by atoms with Crippen LogP contribution in [0.4, 0.5) is 0 Å². The van der Waals surface area contributed by atoms with Crippen LogP contribution in [-0.2, 0) is 14.3 Å². The molecular weight excluding hydrogens is 1020 g/mol. The lowest BCUT2D eigenvalue weighted by molar-refractivity contribution is -0.302. The van der Waals surface area contributed by atoms with Crippen molar-refractivity contribution in [3.05, 3.63) is 85.1 Å². The van der Waals surface area contributed by atoms with Gasteiger partial charge in [0.15, 0.2) is 6.29 Å². The molecule has 1 saturated heterocycles. The number of carbonyl (C=O) groups is 1. The van der Waals surface area contributed by atoms with Crippen LogP contribution >= 0.6 is 0 Å². The fourth-order valence-corrected chi connectivity index (χ4v) is 10.8. The predicted molar refractivity (Wildman–Crippen MR) is 350 cm³/mol. The highest BCUT2D eigenvalue weighted by Crippen LogP contribution is 2.23. The zero-order valence-electron chi connectivity index (χ0n) is 53.2. The number of unbranched alkanes of at least 4 members (excludes halogenated alkanes) is 38. The second-order valence-electron chi connectivity index (χ2n) is 23.9. The number of allylic oxidation sites excluding steroid dienone is 13. The number of amides is 1. The van der Waals surface area contributed by atoms with Crippen molar-refractivity contribution in [1.82, 2.24) is 5.32 Å². The zero-order chi connectivity index (χ0) is 59.3. The first kappa shape index (κ1) is 77.4. The van der Waals surface area contributed by atoms with Crippen molar-refractivity contribution in [1.29, 1.82) is 0 Å². The highest BCUT2D eigenvalue weighted by molar-refractivity contribution is 5.76. The van der Waals surface area contributed by atoms with Crippen LogP contribution in [0.15, 0.2) is 85.1 Å². The molecule has 0 aromatic carbocycles. The number of hydrogen-bond acceptors (Lipinski definition) is 8. The van der Waals surface area contributed by atoms with Crippen molar-refractivity contribution in [3.63, 3.8) is 0 Å². The molecule has 0 radical (unpaired) electrons. The Hall–Kier alpha value is -2.63.